The molecule has 0 saturated carbocycles. The Morgan fingerprint density at radius 1 is 1.33 bits per heavy atom. The maximum atomic E-state index is 12.3. The molecule has 0 bridgehead atoms. The topological polar surface area (TPSA) is 58.4 Å². The van der Waals surface area contributed by atoms with Crippen LogP contribution in [0.3, 0.4) is 0 Å². The number of rotatable bonds is 6. The van der Waals surface area contributed by atoms with Gasteiger partial charge in [0.1, 0.15) is 5.78 Å². The van der Waals surface area contributed by atoms with Crippen LogP contribution in [0.4, 0.5) is 10.6 Å². The molecule has 21 heavy (non-hydrogen) atoms. The van der Waals surface area contributed by atoms with E-state index in [0.717, 1.165) is 24.4 Å². The molecule has 6 heteroatoms. The summed E-state index contributed by atoms with van der Waals surface area (Å²) in [5.41, 5.74) is 1.05. The largest absolute Gasteiger partial charge is 0.334 e. The lowest BCUT2D eigenvalue weighted by Crippen LogP contribution is -2.45. The highest BCUT2D eigenvalue weighted by atomic mass is 16.2. The lowest BCUT2D eigenvalue weighted by Gasteiger charge is -2.32. The Balaban J connectivity index is 1.89. The number of anilines is 1. The van der Waals surface area contributed by atoms with E-state index >= 15 is 0 Å². The smallest absolute Gasteiger partial charge is 0.325 e. The second-order valence-electron chi connectivity index (χ2n) is 5.97. The SMILES string of the molecule is CC(C)C(=O)CCCCN1Cc2c(ncn2C)N(C)C1=O. The van der Waals surface area contributed by atoms with Gasteiger partial charge in [-0.15, -0.1) is 0 Å². The van der Waals surface area contributed by atoms with Gasteiger partial charge >= 0.3 is 6.03 Å². The van der Waals surface area contributed by atoms with Gasteiger partial charge in [-0.1, -0.05) is 13.8 Å². The van der Waals surface area contributed by atoms with Gasteiger partial charge in [-0.3, -0.25) is 9.69 Å². The van der Waals surface area contributed by atoms with Gasteiger partial charge in [0.15, 0.2) is 5.82 Å². The number of hydrogen-bond donors (Lipinski definition) is 0. The van der Waals surface area contributed by atoms with E-state index in [9.17, 15) is 9.59 Å². The molecule has 2 heterocycles. The minimum Gasteiger partial charge on any atom is -0.334 e. The Hall–Kier alpha value is -1.85. The van der Waals surface area contributed by atoms with Crippen LogP contribution >= 0.6 is 0 Å². The van der Waals surface area contributed by atoms with Crippen LogP contribution in [0.1, 0.15) is 38.8 Å². The molecule has 0 radical (unpaired) electrons. The normalized spacial score (nSPS) is 14.8. The Morgan fingerprint density at radius 3 is 2.71 bits per heavy atom. The predicted molar refractivity (Wildman–Crippen MR) is 81.1 cm³/mol. The van der Waals surface area contributed by atoms with Gasteiger partial charge in [0, 0.05) is 33.0 Å². The molecule has 1 aromatic heterocycles. The predicted octanol–water partition coefficient (Wildman–Crippen LogP) is 2.19. The summed E-state index contributed by atoms with van der Waals surface area (Å²) in [5, 5.41) is 0. The summed E-state index contributed by atoms with van der Waals surface area (Å²) in [5.74, 6) is 1.14. The van der Waals surface area contributed by atoms with Gasteiger partial charge < -0.3 is 9.47 Å². The Kier molecular flexibility index (Phi) is 4.65. The van der Waals surface area contributed by atoms with E-state index in [1.54, 1.807) is 18.3 Å². The van der Waals surface area contributed by atoms with E-state index in [4.69, 9.17) is 0 Å². The molecule has 6 nitrogen and oxygen atoms in total. The number of aromatic nitrogens is 2. The van der Waals surface area contributed by atoms with Crippen LogP contribution in [-0.4, -0.2) is 39.9 Å². The van der Waals surface area contributed by atoms with E-state index in [2.05, 4.69) is 4.98 Å². The average Bonchev–Trinajstić information content (AvgIpc) is 2.81. The van der Waals surface area contributed by atoms with E-state index in [1.165, 1.54) is 0 Å². The third-order valence-corrected chi connectivity index (χ3v) is 4.00. The standard InChI is InChI=1S/C15H24N4O2/c1-11(2)13(20)7-5-6-8-19-9-12-14(16-10-17(12)3)18(4)15(19)21/h10-11H,5-9H2,1-4H3. The van der Waals surface area contributed by atoms with Crippen molar-refractivity contribution >= 4 is 17.6 Å². The average molecular weight is 292 g/mol. The summed E-state index contributed by atoms with van der Waals surface area (Å²) >= 11 is 0. The van der Waals surface area contributed by atoms with Crippen molar-refractivity contribution in [2.45, 2.75) is 39.7 Å². The molecule has 1 aliphatic rings. The number of aryl methyl sites for hydroxylation is 1. The summed E-state index contributed by atoms with van der Waals surface area (Å²) in [6, 6.07) is -0.0172. The van der Waals surface area contributed by atoms with E-state index in [0.29, 0.717) is 25.3 Å². The van der Waals surface area contributed by atoms with Crippen molar-refractivity contribution in [1.82, 2.24) is 14.5 Å². The fraction of sp³-hybridized carbons (Fsp3) is 0.667. The second-order valence-corrected chi connectivity index (χ2v) is 5.97. The number of ketones is 1. The zero-order chi connectivity index (χ0) is 15.6. The van der Waals surface area contributed by atoms with Crippen molar-refractivity contribution in [1.29, 1.82) is 0 Å². The summed E-state index contributed by atoms with van der Waals surface area (Å²) in [6.07, 6.45) is 4.03. The highest BCUT2D eigenvalue weighted by molar-refractivity contribution is 5.92. The number of carbonyl (C=O) groups excluding carboxylic acids is 2. The van der Waals surface area contributed by atoms with Crippen LogP contribution in [0.2, 0.25) is 0 Å². The van der Waals surface area contributed by atoms with E-state index in [-0.39, 0.29) is 11.9 Å². The molecule has 2 rings (SSSR count). The van der Waals surface area contributed by atoms with E-state index < -0.39 is 0 Å². The lowest BCUT2D eigenvalue weighted by atomic mass is 10.0. The van der Waals surface area contributed by atoms with Crippen molar-refractivity contribution in [3.05, 3.63) is 12.0 Å². The first-order valence-corrected chi connectivity index (χ1v) is 7.47. The zero-order valence-corrected chi connectivity index (χ0v) is 13.3. The van der Waals surface area contributed by atoms with Crippen molar-refractivity contribution in [2.24, 2.45) is 13.0 Å². The third kappa shape index (κ3) is 3.25. The summed E-state index contributed by atoms with van der Waals surface area (Å²) in [6.45, 7) is 5.12. The molecule has 1 aliphatic heterocycles. The van der Waals surface area contributed by atoms with Crippen LogP contribution in [0.25, 0.3) is 0 Å². The van der Waals surface area contributed by atoms with Gasteiger partial charge in [-0.05, 0) is 12.8 Å². The number of urea groups is 1. The minimum absolute atomic E-state index is 0.0172. The maximum Gasteiger partial charge on any atom is 0.325 e. The van der Waals surface area contributed by atoms with Crippen LogP contribution < -0.4 is 4.90 Å². The van der Waals surface area contributed by atoms with Crippen LogP contribution in [0.15, 0.2) is 6.33 Å². The minimum atomic E-state index is -0.0172. The second kappa shape index (κ2) is 6.28. The lowest BCUT2D eigenvalue weighted by molar-refractivity contribution is -0.122. The van der Waals surface area contributed by atoms with Crippen molar-refractivity contribution in [3.63, 3.8) is 0 Å². The third-order valence-electron chi connectivity index (χ3n) is 4.00. The molecule has 0 atom stereocenters. The molecular formula is C15H24N4O2. The Labute approximate surface area is 125 Å². The van der Waals surface area contributed by atoms with Crippen molar-refractivity contribution < 1.29 is 9.59 Å². The first kappa shape index (κ1) is 15.5. The first-order valence-electron chi connectivity index (χ1n) is 7.47. The number of hydrogen-bond acceptors (Lipinski definition) is 3. The highest BCUT2D eigenvalue weighted by Crippen LogP contribution is 2.25. The highest BCUT2D eigenvalue weighted by Gasteiger charge is 2.30. The fourth-order valence-electron chi connectivity index (χ4n) is 2.52. The Morgan fingerprint density at radius 2 is 2.05 bits per heavy atom. The van der Waals surface area contributed by atoms with E-state index in [1.807, 2.05) is 30.4 Å². The first-order chi connectivity index (χ1) is 9.91. The molecular weight excluding hydrogens is 268 g/mol. The number of fused-ring (bicyclic) bond motifs is 1. The summed E-state index contributed by atoms with van der Waals surface area (Å²) in [4.78, 5) is 31.5. The van der Waals surface area contributed by atoms with Crippen molar-refractivity contribution in [3.8, 4) is 0 Å². The van der Waals surface area contributed by atoms with Gasteiger partial charge in [0.05, 0.1) is 18.6 Å². The summed E-state index contributed by atoms with van der Waals surface area (Å²) in [7, 11) is 3.69. The Bertz CT molecular complexity index is 536. The van der Waals surface area contributed by atoms with Gasteiger partial charge in [0.25, 0.3) is 0 Å². The van der Waals surface area contributed by atoms with Crippen LogP contribution in [0.5, 0.6) is 0 Å². The molecule has 0 aliphatic carbocycles. The maximum absolute atomic E-state index is 12.3. The number of unbranched alkanes of at least 4 members (excludes halogenated alkanes) is 1. The van der Waals surface area contributed by atoms with Crippen LogP contribution in [-0.2, 0) is 18.4 Å². The number of Topliss-reactive ketones (excluding diaryl/α,β-unsaturated/α-hetero) is 1. The number of nitrogens with zero attached hydrogens (tertiary/aromatic N) is 4. The molecule has 0 unspecified atom stereocenters. The number of imidazole rings is 1. The van der Waals surface area contributed by atoms with Gasteiger partial charge in [0.2, 0.25) is 0 Å². The zero-order valence-electron chi connectivity index (χ0n) is 13.3. The molecule has 0 spiro atoms. The molecule has 0 saturated heterocycles. The monoisotopic (exact) mass is 292 g/mol. The number of carbonyl (C=O) groups is 2. The van der Waals surface area contributed by atoms with Gasteiger partial charge in [-0.2, -0.15) is 0 Å². The van der Waals surface area contributed by atoms with Crippen molar-refractivity contribution in [2.75, 3.05) is 18.5 Å². The molecule has 0 aromatic carbocycles. The summed E-state index contributed by atoms with van der Waals surface area (Å²) < 4.78 is 1.95. The molecule has 2 amide bonds. The van der Waals surface area contributed by atoms with Crippen LogP contribution in [0, 0.1) is 5.92 Å². The quantitative estimate of drug-likeness (QED) is 0.755. The molecule has 1 aromatic rings. The molecule has 116 valence electrons. The number of amides is 2. The van der Waals surface area contributed by atoms with Gasteiger partial charge in [-0.25, -0.2) is 9.78 Å². The molecule has 0 fully saturated rings. The fourth-order valence-corrected chi connectivity index (χ4v) is 2.52. The molecule has 0 N–H and O–H groups in total.